The Balaban J connectivity index is 1.44. The number of benzene rings is 1. The molecule has 7 heteroatoms. The van der Waals surface area contributed by atoms with E-state index in [1.54, 1.807) is 12.4 Å². The highest BCUT2D eigenvalue weighted by molar-refractivity contribution is 6.05. The maximum atomic E-state index is 12.7. The number of hydrogen-bond acceptors (Lipinski definition) is 6. The number of piperidine rings is 1. The molecule has 0 radical (unpaired) electrons. The van der Waals surface area contributed by atoms with E-state index in [0.29, 0.717) is 36.8 Å². The van der Waals surface area contributed by atoms with Crippen LogP contribution in [0.2, 0.25) is 0 Å². The normalized spacial score (nSPS) is 18.2. The number of hydrogen-bond donors (Lipinski definition) is 1. The third kappa shape index (κ3) is 3.95. The van der Waals surface area contributed by atoms with Crippen LogP contribution in [0.5, 0.6) is 5.75 Å². The summed E-state index contributed by atoms with van der Waals surface area (Å²) in [5.41, 5.74) is 2.09. The number of para-hydroxylation sites is 2. The van der Waals surface area contributed by atoms with Gasteiger partial charge in [0.25, 0.3) is 5.91 Å². The number of anilines is 2. The molecule has 2 saturated heterocycles. The molecule has 0 unspecified atom stereocenters. The second-order valence-corrected chi connectivity index (χ2v) is 6.91. The first-order valence-electron chi connectivity index (χ1n) is 9.70. The van der Waals surface area contributed by atoms with E-state index in [2.05, 4.69) is 15.2 Å². The fourth-order valence-corrected chi connectivity index (χ4v) is 3.66. The van der Waals surface area contributed by atoms with Crippen LogP contribution in [0.15, 0.2) is 42.7 Å². The van der Waals surface area contributed by atoms with Gasteiger partial charge >= 0.3 is 0 Å². The maximum absolute atomic E-state index is 12.7. The van der Waals surface area contributed by atoms with Gasteiger partial charge in [-0.3, -0.25) is 9.78 Å². The molecule has 3 heterocycles. The van der Waals surface area contributed by atoms with E-state index in [1.165, 1.54) is 0 Å². The Labute approximate surface area is 164 Å². The van der Waals surface area contributed by atoms with Gasteiger partial charge in [-0.25, -0.2) is 0 Å². The fraction of sp³-hybridized carbons (Fsp3) is 0.429. The maximum Gasteiger partial charge on any atom is 0.257 e. The highest BCUT2D eigenvalue weighted by atomic mass is 16.7. The zero-order valence-corrected chi connectivity index (χ0v) is 16.0. The number of nitrogens with zero attached hydrogens (tertiary/aromatic N) is 2. The van der Waals surface area contributed by atoms with Crippen molar-refractivity contribution in [1.82, 2.24) is 4.98 Å². The van der Waals surface area contributed by atoms with Crippen molar-refractivity contribution in [3.05, 3.63) is 48.3 Å². The molecule has 4 rings (SSSR count). The summed E-state index contributed by atoms with van der Waals surface area (Å²) < 4.78 is 17.1. The van der Waals surface area contributed by atoms with E-state index >= 15 is 0 Å². The molecule has 7 nitrogen and oxygen atoms in total. The molecular weight excluding hydrogens is 358 g/mol. The van der Waals surface area contributed by atoms with Crippen molar-refractivity contribution in [2.45, 2.75) is 25.6 Å². The summed E-state index contributed by atoms with van der Waals surface area (Å²) in [4.78, 5) is 19.2. The monoisotopic (exact) mass is 383 g/mol. The SMILES string of the molecule is CCOc1ccccc1NC(=O)c1cncc(N2CCC3(CC2)OCCO3)c1. The summed E-state index contributed by atoms with van der Waals surface area (Å²) in [6, 6.07) is 9.28. The van der Waals surface area contributed by atoms with Crippen molar-refractivity contribution in [2.24, 2.45) is 0 Å². The van der Waals surface area contributed by atoms with Gasteiger partial charge in [-0.2, -0.15) is 0 Å². The van der Waals surface area contributed by atoms with Gasteiger partial charge in [0, 0.05) is 32.1 Å². The first kappa shape index (κ1) is 18.7. The summed E-state index contributed by atoms with van der Waals surface area (Å²) in [6.07, 6.45) is 4.99. The lowest BCUT2D eigenvalue weighted by atomic mass is 10.0. The molecule has 1 aromatic heterocycles. The Morgan fingerprint density at radius 2 is 1.96 bits per heavy atom. The van der Waals surface area contributed by atoms with Gasteiger partial charge in [-0.15, -0.1) is 0 Å². The number of amides is 1. The Morgan fingerprint density at radius 1 is 1.21 bits per heavy atom. The molecule has 28 heavy (non-hydrogen) atoms. The number of ether oxygens (including phenoxy) is 3. The molecule has 2 aliphatic rings. The largest absolute Gasteiger partial charge is 0.492 e. The van der Waals surface area contributed by atoms with Crippen LogP contribution in [0.1, 0.15) is 30.1 Å². The predicted molar refractivity (Wildman–Crippen MR) is 106 cm³/mol. The van der Waals surface area contributed by atoms with Crippen LogP contribution >= 0.6 is 0 Å². The molecule has 1 spiro atoms. The first-order chi connectivity index (χ1) is 13.7. The smallest absolute Gasteiger partial charge is 0.257 e. The topological polar surface area (TPSA) is 72.9 Å². The third-order valence-corrected chi connectivity index (χ3v) is 5.13. The average Bonchev–Trinajstić information content (AvgIpc) is 3.18. The average molecular weight is 383 g/mol. The van der Waals surface area contributed by atoms with Crippen LogP contribution in [0.3, 0.4) is 0 Å². The second kappa shape index (κ2) is 8.16. The molecular formula is C21H25N3O4. The van der Waals surface area contributed by atoms with Crippen LogP contribution in [0.4, 0.5) is 11.4 Å². The Hall–Kier alpha value is -2.64. The zero-order valence-electron chi connectivity index (χ0n) is 16.0. The van der Waals surface area contributed by atoms with E-state index < -0.39 is 5.79 Å². The summed E-state index contributed by atoms with van der Waals surface area (Å²) in [6.45, 7) is 5.39. The van der Waals surface area contributed by atoms with Gasteiger partial charge in [0.1, 0.15) is 5.75 Å². The molecule has 0 saturated carbocycles. The minimum atomic E-state index is -0.415. The summed E-state index contributed by atoms with van der Waals surface area (Å²) in [5.74, 6) is 0.0276. The molecule has 148 valence electrons. The quantitative estimate of drug-likeness (QED) is 0.855. The van der Waals surface area contributed by atoms with Crippen molar-refractivity contribution < 1.29 is 19.0 Å². The lowest BCUT2D eigenvalue weighted by Crippen LogP contribution is -2.45. The Kier molecular flexibility index (Phi) is 5.45. The second-order valence-electron chi connectivity index (χ2n) is 6.91. The number of carbonyl (C=O) groups excluding carboxylic acids is 1. The zero-order chi connectivity index (χ0) is 19.4. The molecule has 2 aliphatic heterocycles. The molecule has 0 aliphatic carbocycles. The highest BCUT2D eigenvalue weighted by Crippen LogP contribution is 2.33. The third-order valence-electron chi connectivity index (χ3n) is 5.13. The highest BCUT2D eigenvalue weighted by Gasteiger charge is 2.39. The molecule has 0 bridgehead atoms. The number of nitrogens with one attached hydrogen (secondary N) is 1. The van der Waals surface area contributed by atoms with Crippen molar-refractivity contribution in [3.8, 4) is 5.75 Å². The van der Waals surface area contributed by atoms with Gasteiger partial charge in [-0.1, -0.05) is 12.1 Å². The van der Waals surface area contributed by atoms with Crippen molar-refractivity contribution in [3.63, 3.8) is 0 Å². The minimum absolute atomic E-state index is 0.211. The molecule has 1 amide bonds. The van der Waals surface area contributed by atoms with E-state index in [0.717, 1.165) is 31.6 Å². The van der Waals surface area contributed by atoms with Gasteiger partial charge in [-0.05, 0) is 25.1 Å². The Morgan fingerprint density at radius 3 is 2.71 bits per heavy atom. The number of aromatic nitrogens is 1. The van der Waals surface area contributed by atoms with Gasteiger partial charge in [0.15, 0.2) is 5.79 Å². The van der Waals surface area contributed by atoms with Gasteiger partial charge in [0.2, 0.25) is 0 Å². The minimum Gasteiger partial charge on any atom is -0.492 e. The van der Waals surface area contributed by atoms with Crippen LogP contribution < -0.4 is 15.0 Å². The van der Waals surface area contributed by atoms with Gasteiger partial charge in [0.05, 0.1) is 43.0 Å². The van der Waals surface area contributed by atoms with Crippen molar-refractivity contribution >= 4 is 17.3 Å². The van der Waals surface area contributed by atoms with Crippen molar-refractivity contribution in [2.75, 3.05) is 43.1 Å². The van der Waals surface area contributed by atoms with Crippen LogP contribution in [0.25, 0.3) is 0 Å². The lowest BCUT2D eigenvalue weighted by molar-refractivity contribution is -0.169. The van der Waals surface area contributed by atoms with E-state index in [-0.39, 0.29) is 5.91 Å². The van der Waals surface area contributed by atoms with E-state index in [4.69, 9.17) is 14.2 Å². The summed E-state index contributed by atoms with van der Waals surface area (Å²) >= 11 is 0. The van der Waals surface area contributed by atoms with Gasteiger partial charge < -0.3 is 24.4 Å². The van der Waals surface area contributed by atoms with Crippen LogP contribution in [-0.4, -0.2) is 49.6 Å². The van der Waals surface area contributed by atoms with Crippen LogP contribution in [-0.2, 0) is 9.47 Å². The summed E-state index contributed by atoms with van der Waals surface area (Å²) in [5, 5.41) is 2.92. The number of carbonyl (C=O) groups is 1. The fourth-order valence-electron chi connectivity index (χ4n) is 3.66. The summed E-state index contributed by atoms with van der Waals surface area (Å²) in [7, 11) is 0. The molecule has 1 N–H and O–H groups in total. The van der Waals surface area contributed by atoms with Crippen LogP contribution in [0, 0.1) is 0 Å². The molecule has 0 atom stereocenters. The predicted octanol–water partition coefficient (Wildman–Crippen LogP) is 3.08. The lowest BCUT2D eigenvalue weighted by Gasteiger charge is -2.38. The molecule has 1 aromatic carbocycles. The number of pyridine rings is 1. The standard InChI is InChI=1S/C21H25N3O4/c1-2-26-19-6-4-3-5-18(19)23-20(25)16-13-17(15-22-14-16)24-9-7-21(8-10-24)27-11-12-28-21/h3-6,13-15H,2,7-12H2,1H3,(H,23,25). The van der Waals surface area contributed by atoms with Crippen molar-refractivity contribution in [1.29, 1.82) is 0 Å². The molecule has 2 aromatic rings. The van der Waals surface area contributed by atoms with E-state index in [9.17, 15) is 4.79 Å². The number of rotatable bonds is 5. The Bertz CT molecular complexity index is 826. The molecule has 2 fully saturated rings. The van der Waals surface area contributed by atoms with E-state index in [1.807, 2.05) is 37.3 Å². The first-order valence-corrected chi connectivity index (χ1v) is 9.70.